The maximum absolute atomic E-state index is 12.8. The number of aromatic nitrogens is 2. The molecular formula is C21H25Cl2N5O2. The van der Waals surface area contributed by atoms with E-state index in [1.807, 2.05) is 11.9 Å². The number of benzene rings is 2. The zero-order valence-electron chi connectivity index (χ0n) is 16.6. The molecule has 0 saturated carbocycles. The number of anilines is 1. The molecule has 1 unspecified atom stereocenters. The van der Waals surface area contributed by atoms with Gasteiger partial charge in [-0.25, -0.2) is 4.98 Å². The average Bonchev–Trinajstić information content (AvgIpc) is 3.36. The predicted molar refractivity (Wildman–Crippen MR) is 123 cm³/mol. The molecule has 1 aliphatic heterocycles. The first-order valence-electron chi connectivity index (χ1n) is 9.42. The number of aromatic amines is 1. The fourth-order valence-corrected chi connectivity index (χ4v) is 3.67. The van der Waals surface area contributed by atoms with E-state index in [-0.39, 0.29) is 36.6 Å². The predicted octanol–water partition coefficient (Wildman–Crippen LogP) is 3.34. The van der Waals surface area contributed by atoms with Gasteiger partial charge in [0.05, 0.1) is 17.4 Å². The van der Waals surface area contributed by atoms with Gasteiger partial charge in [0.1, 0.15) is 0 Å². The molecule has 9 heteroatoms. The molecule has 3 N–H and O–H groups in total. The van der Waals surface area contributed by atoms with Crippen LogP contribution < -0.4 is 10.6 Å². The number of carbonyl (C=O) groups excluding carboxylic acids is 2. The minimum atomic E-state index is -0.226. The topological polar surface area (TPSA) is 90.1 Å². The van der Waals surface area contributed by atoms with Crippen molar-refractivity contribution < 1.29 is 9.59 Å². The second-order valence-corrected chi connectivity index (χ2v) is 7.13. The second kappa shape index (κ2) is 10.4. The van der Waals surface area contributed by atoms with Gasteiger partial charge in [-0.2, -0.15) is 0 Å². The SMILES string of the molecule is CNCC1CCN(C(=O)c2cccc(NC(=O)c3ccc4nc[nH]c4c3)c2)C1.Cl.Cl. The Morgan fingerprint density at radius 3 is 2.80 bits per heavy atom. The highest BCUT2D eigenvalue weighted by molar-refractivity contribution is 6.06. The zero-order chi connectivity index (χ0) is 19.5. The lowest BCUT2D eigenvalue weighted by atomic mass is 10.1. The Balaban J connectivity index is 0.00000160. The van der Waals surface area contributed by atoms with Gasteiger partial charge in [0.25, 0.3) is 11.8 Å². The fraction of sp³-hybridized carbons (Fsp3) is 0.286. The smallest absolute Gasteiger partial charge is 0.255 e. The van der Waals surface area contributed by atoms with Crippen molar-refractivity contribution in [3.05, 3.63) is 59.9 Å². The van der Waals surface area contributed by atoms with Crippen molar-refractivity contribution in [3.8, 4) is 0 Å². The maximum atomic E-state index is 12.8. The van der Waals surface area contributed by atoms with Crippen LogP contribution in [0.15, 0.2) is 48.8 Å². The summed E-state index contributed by atoms with van der Waals surface area (Å²) in [6.07, 6.45) is 2.61. The summed E-state index contributed by atoms with van der Waals surface area (Å²) in [4.78, 5) is 34.4. The largest absolute Gasteiger partial charge is 0.345 e. The lowest BCUT2D eigenvalue weighted by molar-refractivity contribution is 0.0787. The molecule has 1 fully saturated rings. The molecule has 160 valence electrons. The third-order valence-corrected chi connectivity index (χ3v) is 5.12. The summed E-state index contributed by atoms with van der Waals surface area (Å²) < 4.78 is 0. The molecular weight excluding hydrogens is 425 g/mol. The van der Waals surface area contributed by atoms with Crippen molar-refractivity contribution >= 4 is 53.3 Å². The third kappa shape index (κ3) is 5.11. The van der Waals surface area contributed by atoms with Crippen molar-refractivity contribution in [1.29, 1.82) is 0 Å². The van der Waals surface area contributed by atoms with Gasteiger partial charge in [0.2, 0.25) is 0 Å². The summed E-state index contributed by atoms with van der Waals surface area (Å²) in [5.41, 5.74) is 3.34. The normalized spacial score (nSPS) is 15.4. The minimum absolute atomic E-state index is 0. The van der Waals surface area contributed by atoms with Crippen molar-refractivity contribution in [2.75, 3.05) is 32.0 Å². The van der Waals surface area contributed by atoms with E-state index in [9.17, 15) is 9.59 Å². The van der Waals surface area contributed by atoms with Crippen molar-refractivity contribution in [1.82, 2.24) is 20.2 Å². The molecule has 3 aromatic rings. The molecule has 1 aliphatic rings. The van der Waals surface area contributed by atoms with Crippen LogP contribution >= 0.6 is 24.8 Å². The molecule has 7 nitrogen and oxygen atoms in total. The first-order chi connectivity index (χ1) is 13.6. The van der Waals surface area contributed by atoms with Crippen LogP contribution in [0.3, 0.4) is 0 Å². The van der Waals surface area contributed by atoms with Gasteiger partial charge in [-0.15, -0.1) is 24.8 Å². The Morgan fingerprint density at radius 1 is 1.17 bits per heavy atom. The van der Waals surface area contributed by atoms with Crippen molar-refractivity contribution in [2.24, 2.45) is 5.92 Å². The highest BCUT2D eigenvalue weighted by atomic mass is 35.5. The van der Waals surface area contributed by atoms with Gasteiger partial charge in [0.15, 0.2) is 0 Å². The lowest BCUT2D eigenvalue weighted by Crippen LogP contribution is -2.30. The summed E-state index contributed by atoms with van der Waals surface area (Å²) in [7, 11) is 1.93. The average molecular weight is 450 g/mol. The number of carbonyl (C=O) groups is 2. The van der Waals surface area contributed by atoms with E-state index < -0.39 is 0 Å². The van der Waals surface area contributed by atoms with Gasteiger partial charge >= 0.3 is 0 Å². The highest BCUT2D eigenvalue weighted by Crippen LogP contribution is 2.20. The first-order valence-corrected chi connectivity index (χ1v) is 9.42. The van der Waals surface area contributed by atoms with Crippen LogP contribution in [0.4, 0.5) is 5.69 Å². The number of halogens is 2. The molecule has 1 atom stereocenters. The Labute approximate surface area is 187 Å². The Bertz CT molecular complexity index is 1020. The first kappa shape index (κ1) is 23.7. The van der Waals surface area contributed by atoms with E-state index in [4.69, 9.17) is 0 Å². The number of rotatable bonds is 5. The molecule has 0 radical (unpaired) electrons. The van der Waals surface area contributed by atoms with Gasteiger partial charge < -0.3 is 20.5 Å². The maximum Gasteiger partial charge on any atom is 0.255 e. The number of hydrogen-bond donors (Lipinski definition) is 3. The Hall–Kier alpha value is -2.61. The van der Waals surface area contributed by atoms with Crippen LogP contribution in [0, 0.1) is 5.92 Å². The standard InChI is InChI=1S/C21H23N5O2.2ClH/c1-22-11-14-7-8-26(12-14)21(28)16-3-2-4-17(9-16)25-20(27)15-5-6-18-19(10-15)24-13-23-18;;/h2-6,9-10,13-14,22H,7-8,11-12H2,1H3,(H,23,24)(H,25,27);2*1H. The lowest BCUT2D eigenvalue weighted by Gasteiger charge is -2.17. The van der Waals surface area contributed by atoms with E-state index in [2.05, 4.69) is 20.6 Å². The van der Waals surface area contributed by atoms with Crippen molar-refractivity contribution in [3.63, 3.8) is 0 Å². The van der Waals surface area contributed by atoms with Gasteiger partial charge in [-0.3, -0.25) is 9.59 Å². The summed E-state index contributed by atoms with van der Waals surface area (Å²) in [5, 5.41) is 6.05. The van der Waals surface area contributed by atoms with Crippen LogP contribution in [-0.4, -0.2) is 53.4 Å². The van der Waals surface area contributed by atoms with Gasteiger partial charge in [0, 0.05) is 29.9 Å². The number of amides is 2. The molecule has 1 aromatic heterocycles. The van der Waals surface area contributed by atoms with Crippen LogP contribution in [0.2, 0.25) is 0 Å². The molecule has 4 rings (SSSR count). The summed E-state index contributed by atoms with van der Waals surface area (Å²) in [6, 6.07) is 12.4. The minimum Gasteiger partial charge on any atom is -0.345 e. The Kier molecular flexibility index (Phi) is 8.23. The molecule has 0 aliphatic carbocycles. The van der Waals surface area contributed by atoms with Crippen LogP contribution in [0.5, 0.6) is 0 Å². The van der Waals surface area contributed by atoms with Crippen molar-refractivity contribution in [2.45, 2.75) is 6.42 Å². The summed E-state index contributed by atoms with van der Waals surface area (Å²) >= 11 is 0. The summed E-state index contributed by atoms with van der Waals surface area (Å²) in [6.45, 7) is 2.45. The molecule has 0 bridgehead atoms. The van der Waals surface area contributed by atoms with E-state index in [1.165, 1.54) is 0 Å². The number of nitrogens with one attached hydrogen (secondary N) is 3. The van der Waals surface area contributed by atoms with E-state index in [0.29, 0.717) is 22.7 Å². The van der Waals surface area contributed by atoms with Gasteiger partial charge in [-0.1, -0.05) is 6.07 Å². The van der Waals surface area contributed by atoms with Crippen LogP contribution in [0.1, 0.15) is 27.1 Å². The van der Waals surface area contributed by atoms with E-state index >= 15 is 0 Å². The summed E-state index contributed by atoms with van der Waals surface area (Å²) in [5.74, 6) is 0.277. The second-order valence-electron chi connectivity index (χ2n) is 7.13. The highest BCUT2D eigenvalue weighted by Gasteiger charge is 2.26. The number of imidazole rings is 1. The molecule has 2 heterocycles. The van der Waals surface area contributed by atoms with Gasteiger partial charge in [-0.05, 0) is 62.3 Å². The number of fused-ring (bicyclic) bond motifs is 1. The Morgan fingerprint density at radius 2 is 2.00 bits per heavy atom. The van der Waals surface area contributed by atoms with E-state index in [1.54, 1.807) is 48.8 Å². The fourth-order valence-electron chi connectivity index (χ4n) is 3.67. The van der Waals surface area contributed by atoms with E-state index in [0.717, 1.165) is 37.1 Å². The molecule has 1 saturated heterocycles. The van der Waals surface area contributed by atoms with Crippen LogP contribution in [0.25, 0.3) is 11.0 Å². The zero-order valence-corrected chi connectivity index (χ0v) is 18.2. The third-order valence-electron chi connectivity index (χ3n) is 5.12. The monoisotopic (exact) mass is 449 g/mol. The quantitative estimate of drug-likeness (QED) is 0.556. The molecule has 2 amide bonds. The molecule has 30 heavy (non-hydrogen) atoms. The number of hydrogen-bond acceptors (Lipinski definition) is 4. The number of nitrogens with zero attached hydrogens (tertiary/aromatic N) is 2. The molecule has 2 aromatic carbocycles. The number of likely N-dealkylation sites (tertiary alicyclic amines) is 1. The number of H-pyrrole nitrogens is 1. The van der Waals surface area contributed by atoms with Crippen LogP contribution in [-0.2, 0) is 0 Å². The molecule has 0 spiro atoms.